The van der Waals surface area contributed by atoms with Crippen molar-refractivity contribution in [1.82, 2.24) is 10.2 Å². The van der Waals surface area contributed by atoms with E-state index in [9.17, 15) is 4.79 Å². The molecule has 0 aliphatic carbocycles. The van der Waals surface area contributed by atoms with Gasteiger partial charge >= 0.3 is 0 Å². The van der Waals surface area contributed by atoms with Crippen molar-refractivity contribution in [3.63, 3.8) is 0 Å². The van der Waals surface area contributed by atoms with E-state index in [2.05, 4.69) is 15.5 Å². The third-order valence-corrected chi connectivity index (χ3v) is 5.21. The Hall–Kier alpha value is -1.05. The molecule has 100 valence electrons. The molecule has 0 bridgehead atoms. The van der Waals surface area contributed by atoms with Gasteiger partial charge in [-0.15, -0.1) is 10.2 Å². The first-order chi connectivity index (χ1) is 9.28. The maximum Gasteiger partial charge on any atom is 0.225 e. The lowest BCUT2D eigenvalue weighted by molar-refractivity contribution is -0.115. The number of aromatic nitrogens is 2. The minimum Gasteiger partial charge on any atom is -0.326 e. The molecule has 4 nitrogen and oxygen atoms in total. The summed E-state index contributed by atoms with van der Waals surface area (Å²) in [4.78, 5) is 11.7. The van der Waals surface area contributed by atoms with Crippen LogP contribution in [0.3, 0.4) is 0 Å². The molecule has 1 amide bonds. The number of para-hydroxylation sites is 1. The lowest BCUT2D eigenvalue weighted by atomic mass is 10.3. The molecule has 1 aromatic carbocycles. The lowest BCUT2D eigenvalue weighted by Crippen LogP contribution is -2.11. The van der Waals surface area contributed by atoms with Gasteiger partial charge in [0, 0.05) is 17.9 Å². The molecule has 0 saturated carbocycles. The van der Waals surface area contributed by atoms with Crippen LogP contribution in [-0.2, 0) is 4.79 Å². The first-order valence-electron chi connectivity index (χ1n) is 5.63. The number of rotatable bonds is 6. The maximum absolute atomic E-state index is 11.7. The second kappa shape index (κ2) is 7.52. The Balaban J connectivity index is 1.72. The number of hydrogen-bond acceptors (Lipinski definition) is 6. The fraction of sp³-hybridized carbons (Fsp3) is 0.250. The molecular weight excluding hydrogens is 298 g/mol. The molecule has 0 aliphatic rings. The highest BCUT2D eigenvalue weighted by atomic mass is 32.2. The Morgan fingerprint density at radius 3 is 2.68 bits per heavy atom. The van der Waals surface area contributed by atoms with Crippen LogP contribution in [0, 0.1) is 0 Å². The molecule has 1 N–H and O–H groups in total. The van der Waals surface area contributed by atoms with Crippen molar-refractivity contribution in [3.8, 4) is 0 Å². The average molecular weight is 311 g/mol. The SMILES string of the molecule is CSc1nnc(SCCC(=O)Nc2ccccc2)s1. The van der Waals surface area contributed by atoms with E-state index in [1.165, 1.54) is 0 Å². The summed E-state index contributed by atoms with van der Waals surface area (Å²) in [7, 11) is 0. The third-order valence-electron chi connectivity index (χ3n) is 2.17. The lowest BCUT2D eigenvalue weighted by Gasteiger charge is -2.03. The predicted molar refractivity (Wildman–Crippen MR) is 82.1 cm³/mol. The van der Waals surface area contributed by atoms with E-state index < -0.39 is 0 Å². The monoisotopic (exact) mass is 311 g/mol. The van der Waals surface area contributed by atoms with Gasteiger partial charge in [-0.2, -0.15) is 0 Å². The molecule has 0 radical (unpaired) electrons. The smallest absolute Gasteiger partial charge is 0.225 e. The van der Waals surface area contributed by atoms with E-state index >= 15 is 0 Å². The molecule has 0 spiro atoms. The summed E-state index contributed by atoms with van der Waals surface area (Å²) >= 11 is 4.71. The van der Waals surface area contributed by atoms with E-state index in [0.717, 1.165) is 14.4 Å². The van der Waals surface area contributed by atoms with Crippen LogP contribution in [0.25, 0.3) is 0 Å². The number of benzene rings is 1. The van der Waals surface area contributed by atoms with Gasteiger partial charge in [0.15, 0.2) is 8.68 Å². The Morgan fingerprint density at radius 1 is 1.26 bits per heavy atom. The number of carbonyl (C=O) groups excluding carboxylic acids is 1. The van der Waals surface area contributed by atoms with Gasteiger partial charge in [0.25, 0.3) is 0 Å². The molecule has 19 heavy (non-hydrogen) atoms. The highest BCUT2D eigenvalue weighted by molar-refractivity contribution is 8.02. The van der Waals surface area contributed by atoms with Gasteiger partial charge in [-0.1, -0.05) is 53.1 Å². The molecule has 1 heterocycles. The number of nitrogens with one attached hydrogen (secondary N) is 1. The Labute approximate surface area is 124 Å². The van der Waals surface area contributed by atoms with Crippen molar-refractivity contribution in [3.05, 3.63) is 30.3 Å². The van der Waals surface area contributed by atoms with Gasteiger partial charge in [-0.25, -0.2) is 0 Å². The zero-order chi connectivity index (χ0) is 13.5. The highest BCUT2D eigenvalue weighted by Gasteiger charge is 2.06. The molecule has 0 saturated heterocycles. The predicted octanol–water partition coefficient (Wildman–Crippen LogP) is 3.38. The number of anilines is 1. The van der Waals surface area contributed by atoms with E-state index in [4.69, 9.17) is 0 Å². The fourth-order valence-corrected chi connectivity index (χ4v) is 3.76. The van der Waals surface area contributed by atoms with Gasteiger partial charge in [0.2, 0.25) is 5.91 Å². The van der Waals surface area contributed by atoms with Gasteiger partial charge in [0.05, 0.1) is 0 Å². The topological polar surface area (TPSA) is 54.9 Å². The second-order valence-corrected chi connectivity index (χ2v) is 6.92. The van der Waals surface area contributed by atoms with Crippen LogP contribution in [0.15, 0.2) is 39.0 Å². The van der Waals surface area contributed by atoms with Crippen LogP contribution in [0.4, 0.5) is 5.69 Å². The summed E-state index contributed by atoms with van der Waals surface area (Å²) in [5.74, 6) is 0.732. The summed E-state index contributed by atoms with van der Waals surface area (Å²) in [6, 6.07) is 9.47. The first-order valence-corrected chi connectivity index (χ1v) is 8.66. The largest absolute Gasteiger partial charge is 0.326 e. The summed E-state index contributed by atoms with van der Waals surface area (Å²) in [5.41, 5.74) is 0.832. The van der Waals surface area contributed by atoms with Crippen molar-refractivity contribution in [1.29, 1.82) is 0 Å². The Bertz CT molecular complexity index is 530. The van der Waals surface area contributed by atoms with E-state index in [1.54, 1.807) is 34.9 Å². The van der Waals surface area contributed by atoms with Crippen LogP contribution in [0.2, 0.25) is 0 Å². The van der Waals surface area contributed by atoms with Gasteiger partial charge in [0.1, 0.15) is 0 Å². The van der Waals surface area contributed by atoms with Crippen LogP contribution in [0.5, 0.6) is 0 Å². The van der Waals surface area contributed by atoms with Crippen molar-refractivity contribution in [2.75, 3.05) is 17.3 Å². The summed E-state index contributed by atoms with van der Waals surface area (Å²) in [5, 5.41) is 10.9. The van der Waals surface area contributed by atoms with Crippen LogP contribution >= 0.6 is 34.9 Å². The third kappa shape index (κ3) is 4.85. The highest BCUT2D eigenvalue weighted by Crippen LogP contribution is 2.27. The minimum atomic E-state index is 0.0216. The van der Waals surface area contributed by atoms with Crippen molar-refractivity contribution < 1.29 is 4.79 Å². The normalized spacial score (nSPS) is 10.4. The van der Waals surface area contributed by atoms with Crippen molar-refractivity contribution in [2.24, 2.45) is 0 Å². The summed E-state index contributed by atoms with van der Waals surface area (Å²) in [6.45, 7) is 0. The molecular formula is C12H13N3OS3. The minimum absolute atomic E-state index is 0.0216. The van der Waals surface area contributed by atoms with Gasteiger partial charge < -0.3 is 5.32 Å². The first kappa shape index (κ1) is 14.4. The Morgan fingerprint density at radius 2 is 2.00 bits per heavy atom. The van der Waals surface area contributed by atoms with E-state index in [1.807, 2.05) is 36.6 Å². The fourth-order valence-electron chi connectivity index (χ4n) is 1.31. The Kier molecular flexibility index (Phi) is 5.68. The number of hydrogen-bond donors (Lipinski definition) is 1. The number of amides is 1. The molecule has 0 unspecified atom stereocenters. The van der Waals surface area contributed by atoms with E-state index in [0.29, 0.717) is 12.2 Å². The van der Waals surface area contributed by atoms with E-state index in [-0.39, 0.29) is 5.91 Å². The molecule has 0 aliphatic heterocycles. The number of thioether (sulfide) groups is 2. The summed E-state index contributed by atoms with van der Waals surface area (Å²) in [6.07, 6.45) is 2.44. The maximum atomic E-state index is 11.7. The van der Waals surface area contributed by atoms with Crippen LogP contribution < -0.4 is 5.32 Å². The average Bonchev–Trinajstić information content (AvgIpc) is 2.88. The van der Waals surface area contributed by atoms with Crippen molar-refractivity contribution >= 4 is 46.5 Å². The summed E-state index contributed by atoms with van der Waals surface area (Å²) < 4.78 is 1.87. The standard InChI is InChI=1S/C12H13N3OS3/c1-17-11-14-15-12(19-11)18-8-7-10(16)13-9-5-3-2-4-6-9/h2-6H,7-8H2,1H3,(H,13,16). The van der Waals surface area contributed by atoms with Gasteiger partial charge in [-0.3, -0.25) is 4.79 Å². The molecule has 2 rings (SSSR count). The quantitative estimate of drug-likeness (QED) is 0.829. The molecule has 0 atom stereocenters. The zero-order valence-corrected chi connectivity index (χ0v) is 12.8. The molecule has 2 aromatic rings. The molecule has 7 heteroatoms. The second-order valence-electron chi connectivity index (χ2n) is 3.55. The zero-order valence-electron chi connectivity index (χ0n) is 10.3. The van der Waals surface area contributed by atoms with Crippen molar-refractivity contribution in [2.45, 2.75) is 15.1 Å². The van der Waals surface area contributed by atoms with Crippen LogP contribution in [0.1, 0.15) is 6.42 Å². The molecule has 1 aromatic heterocycles. The number of carbonyl (C=O) groups is 1. The number of nitrogens with zero attached hydrogens (tertiary/aromatic N) is 2. The van der Waals surface area contributed by atoms with Gasteiger partial charge in [-0.05, 0) is 18.4 Å². The molecule has 0 fully saturated rings. The van der Waals surface area contributed by atoms with Crippen LogP contribution in [-0.4, -0.2) is 28.1 Å².